The second-order valence-corrected chi connectivity index (χ2v) is 7.97. The molecule has 0 saturated carbocycles. The van der Waals surface area contributed by atoms with E-state index in [0.717, 1.165) is 27.5 Å². The first-order valence-electron chi connectivity index (χ1n) is 9.67. The van der Waals surface area contributed by atoms with E-state index in [9.17, 15) is 9.59 Å². The van der Waals surface area contributed by atoms with Gasteiger partial charge >= 0.3 is 5.97 Å². The quantitative estimate of drug-likeness (QED) is 0.218. The van der Waals surface area contributed by atoms with Gasteiger partial charge in [0.2, 0.25) is 5.78 Å². The maximum absolute atomic E-state index is 12.6. The minimum Gasteiger partial charge on any atom is -0.454 e. The highest BCUT2D eigenvalue weighted by molar-refractivity contribution is 7.98. The minimum atomic E-state index is -0.537. The van der Waals surface area contributed by atoms with E-state index in [1.54, 1.807) is 17.8 Å². The number of ether oxygens (including phenoxy) is 1. The molecule has 5 heteroatoms. The molecule has 1 heterocycles. The number of ketones is 1. The molecule has 4 nitrogen and oxygen atoms in total. The summed E-state index contributed by atoms with van der Waals surface area (Å²) in [4.78, 5) is 25.8. The van der Waals surface area contributed by atoms with Gasteiger partial charge in [-0.1, -0.05) is 29.8 Å². The van der Waals surface area contributed by atoms with Crippen LogP contribution in [0.5, 0.6) is 0 Å². The number of benzene rings is 2. The van der Waals surface area contributed by atoms with Gasteiger partial charge in [0.1, 0.15) is 0 Å². The molecule has 0 amide bonds. The van der Waals surface area contributed by atoms with Crippen molar-refractivity contribution < 1.29 is 14.3 Å². The molecule has 1 aromatic heterocycles. The Morgan fingerprint density at radius 1 is 1.00 bits per heavy atom. The molecule has 3 rings (SSSR count). The van der Waals surface area contributed by atoms with Crippen LogP contribution in [0.1, 0.15) is 32.9 Å². The van der Waals surface area contributed by atoms with Gasteiger partial charge in [-0.3, -0.25) is 4.79 Å². The fourth-order valence-electron chi connectivity index (χ4n) is 3.28. The van der Waals surface area contributed by atoms with E-state index in [2.05, 4.69) is 0 Å². The summed E-state index contributed by atoms with van der Waals surface area (Å²) in [6.07, 6.45) is 5.04. The van der Waals surface area contributed by atoms with Gasteiger partial charge in [-0.15, -0.1) is 11.8 Å². The second kappa shape index (κ2) is 9.63. The molecule has 2 aromatic carbocycles. The van der Waals surface area contributed by atoms with Crippen LogP contribution >= 0.6 is 11.8 Å². The summed E-state index contributed by atoms with van der Waals surface area (Å²) in [6.45, 7) is 5.61. The third-order valence-corrected chi connectivity index (χ3v) is 5.64. The van der Waals surface area contributed by atoms with Crippen molar-refractivity contribution in [1.29, 1.82) is 0 Å². The van der Waals surface area contributed by atoms with Crippen LogP contribution in [-0.4, -0.2) is 29.2 Å². The predicted molar refractivity (Wildman–Crippen MR) is 123 cm³/mol. The lowest BCUT2D eigenvalue weighted by Gasteiger charge is -2.10. The van der Waals surface area contributed by atoms with Crippen LogP contribution in [0, 0.1) is 20.8 Å². The molecule has 3 aromatic rings. The number of esters is 1. The number of nitrogens with zero attached hydrogens (tertiary/aromatic N) is 1. The highest BCUT2D eigenvalue weighted by atomic mass is 32.2. The zero-order chi connectivity index (χ0) is 21.7. The van der Waals surface area contributed by atoms with Gasteiger partial charge in [0.05, 0.1) is 0 Å². The molecule has 0 aliphatic rings. The lowest BCUT2D eigenvalue weighted by atomic mass is 10.1. The summed E-state index contributed by atoms with van der Waals surface area (Å²) >= 11 is 1.66. The Balaban J connectivity index is 1.64. The molecule has 0 aliphatic heterocycles. The standard InChI is InChI=1S/C25H25NO3S/c1-17-5-10-21(11-6-17)26-18(2)15-23(19(26)3)24(27)16-29-25(28)14-9-20-7-12-22(30-4)13-8-20/h5-15H,16H2,1-4H3. The second-order valence-electron chi connectivity index (χ2n) is 7.09. The zero-order valence-electron chi connectivity index (χ0n) is 17.6. The minimum absolute atomic E-state index is 0.215. The number of Topliss-reactive ketones (excluding diaryl/α,β-unsaturated/α-hetero) is 1. The van der Waals surface area contributed by atoms with Crippen LogP contribution < -0.4 is 0 Å². The van der Waals surface area contributed by atoms with E-state index in [1.165, 1.54) is 11.6 Å². The normalized spacial score (nSPS) is 11.1. The molecule has 0 aliphatic carbocycles. The lowest BCUT2D eigenvalue weighted by Crippen LogP contribution is -2.13. The molecule has 0 unspecified atom stereocenters. The topological polar surface area (TPSA) is 48.3 Å². The van der Waals surface area contributed by atoms with E-state index >= 15 is 0 Å². The van der Waals surface area contributed by atoms with Crippen LogP contribution in [0.25, 0.3) is 11.8 Å². The molecule has 154 valence electrons. The third kappa shape index (κ3) is 5.10. The van der Waals surface area contributed by atoms with Crippen molar-refractivity contribution in [1.82, 2.24) is 4.57 Å². The number of hydrogen-bond donors (Lipinski definition) is 0. The van der Waals surface area contributed by atoms with Gasteiger partial charge in [0.25, 0.3) is 0 Å². The van der Waals surface area contributed by atoms with E-state index in [0.29, 0.717) is 5.56 Å². The summed E-state index contributed by atoms with van der Waals surface area (Å²) in [6, 6.07) is 17.8. The molecule has 0 spiro atoms. The van der Waals surface area contributed by atoms with Gasteiger partial charge in [0, 0.05) is 33.6 Å². The van der Waals surface area contributed by atoms with E-state index in [4.69, 9.17) is 4.74 Å². The zero-order valence-corrected chi connectivity index (χ0v) is 18.5. The fraction of sp³-hybridized carbons (Fsp3) is 0.200. The Kier molecular flexibility index (Phi) is 6.95. The highest BCUT2D eigenvalue weighted by Gasteiger charge is 2.17. The van der Waals surface area contributed by atoms with Crippen LogP contribution in [0.3, 0.4) is 0 Å². The molecular weight excluding hydrogens is 394 g/mol. The van der Waals surface area contributed by atoms with Crippen molar-refractivity contribution in [2.75, 3.05) is 12.9 Å². The third-order valence-electron chi connectivity index (χ3n) is 4.90. The molecule has 0 bridgehead atoms. The molecule has 0 fully saturated rings. The van der Waals surface area contributed by atoms with Crippen molar-refractivity contribution in [2.45, 2.75) is 25.7 Å². The monoisotopic (exact) mass is 419 g/mol. The number of rotatable bonds is 7. The number of hydrogen-bond acceptors (Lipinski definition) is 4. The maximum atomic E-state index is 12.6. The summed E-state index contributed by atoms with van der Waals surface area (Å²) in [7, 11) is 0. The number of carbonyl (C=O) groups is 2. The van der Waals surface area contributed by atoms with Crippen molar-refractivity contribution in [2.24, 2.45) is 0 Å². The first-order valence-corrected chi connectivity index (χ1v) is 10.9. The van der Waals surface area contributed by atoms with Gasteiger partial charge in [-0.05, 0) is 69.0 Å². The first-order chi connectivity index (χ1) is 14.4. The Labute approximate surface area is 181 Å². The number of aromatic nitrogens is 1. The molecule has 0 radical (unpaired) electrons. The van der Waals surface area contributed by atoms with E-state index in [1.807, 2.05) is 86.2 Å². The fourth-order valence-corrected chi connectivity index (χ4v) is 3.69. The van der Waals surface area contributed by atoms with Crippen LogP contribution in [-0.2, 0) is 9.53 Å². The largest absolute Gasteiger partial charge is 0.454 e. The number of aryl methyl sites for hydroxylation is 2. The molecule has 0 saturated heterocycles. The Morgan fingerprint density at radius 3 is 2.30 bits per heavy atom. The van der Waals surface area contributed by atoms with Gasteiger partial charge in [-0.25, -0.2) is 4.79 Å². The number of thioether (sulfide) groups is 1. The molecule has 0 atom stereocenters. The Morgan fingerprint density at radius 2 is 1.67 bits per heavy atom. The van der Waals surface area contributed by atoms with E-state index < -0.39 is 5.97 Å². The summed E-state index contributed by atoms with van der Waals surface area (Å²) < 4.78 is 7.20. The number of carbonyl (C=O) groups excluding carboxylic acids is 2. The van der Waals surface area contributed by atoms with Gasteiger partial charge in [-0.2, -0.15) is 0 Å². The molecule has 0 N–H and O–H groups in total. The van der Waals surface area contributed by atoms with Crippen LogP contribution in [0.2, 0.25) is 0 Å². The first kappa shape index (κ1) is 21.7. The average molecular weight is 420 g/mol. The van der Waals surface area contributed by atoms with Gasteiger partial charge < -0.3 is 9.30 Å². The maximum Gasteiger partial charge on any atom is 0.331 e. The van der Waals surface area contributed by atoms with Gasteiger partial charge in [0.15, 0.2) is 6.61 Å². The van der Waals surface area contributed by atoms with Crippen molar-refractivity contribution >= 4 is 29.6 Å². The van der Waals surface area contributed by atoms with Crippen LogP contribution in [0.15, 0.2) is 65.6 Å². The van der Waals surface area contributed by atoms with E-state index in [-0.39, 0.29) is 12.4 Å². The average Bonchev–Trinajstić information content (AvgIpc) is 3.05. The predicted octanol–water partition coefficient (Wildman–Crippen LogP) is 5.56. The summed E-state index contributed by atoms with van der Waals surface area (Å²) in [5, 5.41) is 0. The Bertz CT molecular complexity index is 1080. The molecule has 30 heavy (non-hydrogen) atoms. The lowest BCUT2D eigenvalue weighted by molar-refractivity contribution is -0.136. The summed E-state index contributed by atoms with van der Waals surface area (Å²) in [5.74, 6) is -0.753. The smallest absolute Gasteiger partial charge is 0.331 e. The SMILES string of the molecule is CSc1ccc(C=CC(=O)OCC(=O)c2cc(C)n(-c3ccc(C)cc3)c2C)cc1. The van der Waals surface area contributed by atoms with Crippen molar-refractivity contribution in [3.8, 4) is 5.69 Å². The van der Waals surface area contributed by atoms with Crippen molar-refractivity contribution in [3.05, 3.63) is 88.8 Å². The Hall–Kier alpha value is -3.05. The molecular formula is C25H25NO3S. The van der Waals surface area contributed by atoms with Crippen LogP contribution in [0.4, 0.5) is 0 Å². The summed E-state index contributed by atoms with van der Waals surface area (Å²) in [5.41, 5.74) is 5.44. The van der Waals surface area contributed by atoms with Crippen molar-refractivity contribution in [3.63, 3.8) is 0 Å². The highest BCUT2D eigenvalue weighted by Crippen LogP contribution is 2.22.